The number of hydrogen-bond donors (Lipinski definition) is 1. The van der Waals surface area contributed by atoms with Crippen LogP contribution in [-0.4, -0.2) is 27.4 Å². The van der Waals surface area contributed by atoms with Gasteiger partial charge in [-0.3, -0.25) is 18.8 Å². The molecule has 1 aromatic carbocycles. The van der Waals surface area contributed by atoms with E-state index in [1.165, 1.54) is 21.9 Å². The number of benzene rings is 1. The summed E-state index contributed by atoms with van der Waals surface area (Å²) in [5.41, 5.74) is 0.218. The van der Waals surface area contributed by atoms with Crippen LogP contribution in [0, 0.1) is 0 Å². The number of carbonyl (C=O) groups excluding carboxylic acids is 2. The third-order valence-corrected chi connectivity index (χ3v) is 4.60. The second-order valence-corrected chi connectivity index (χ2v) is 7.09. The van der Waals surface area contributed by atoms with Crippen LogP contribution < -0.4 is 10.9 Å². The first-order chi connectivity index (χ1) is 13.0. The molecule has 0 spiro atoms. The van der Waals surface area contributed by atoms with Crippen molar-refractivity contribution in [1.82, 2.24) is 14.7 Å². The van der Waals surface area contributed by atoms with Gasteiger partial charge >= 0.3 is 5.97 Å². The standard InChI is InChI=1S/C19H19N3O4S/c1-12(2)26-16(23)10-15(13-6-4-3-5-7-13)21-17(24)14-11-20-19-22(18(14)25)8-9-27-19/h3-9,11-12,15H,10H2,1-2H3,(H,21,24). The number of fused-ring (bicyclic) bond motifs is 1. The number of amides is 1. The topological polar surface area (TPSA) is 89.8 Å². The number of nitrogens with one attached hydrogen (secondary N) is 1. The Morgan fingerprint density at radius 3 is 2.70 bits per heavy atom. The first-order valence-electron chi connectivity index (χ1n) is 8.46. The summed E-state index contributed by atoms with van der Waals surface area (Å²) in [6.45, 7) is 3.52. The Kier molecular flexibility index (Phi) is 5.66. The van der Waals surface area contributed by atoms with Gasteiger partial charge < -0.3 is 10.1 Å². The Morgan fingerprint density at radius 1 is 1.26 bits per heavy atom. The number of rotatable bonds is 6. The molecule has 0 aliphatic heterocycles. The van der Waals surface area contributed by atoms with Crippen molar-refractivity contribution in [2.75, 3.05) is 0 Å². The molecule has 0 aliphatic carbocycles. The lowest BCUT2D eigenvalue weighted by molar-refractivity contribution is -0.147. The number of nitrogens with zero attached hydrogens (tertiary/aromatic N) is 2. The van der Waals surface area contributed by atoms with Gasteiger partial charge in [-0.05, 0) is 19.4 Å². The molecular weight excluding hydrogens is 366 g/mol. The molecule has 0 bridgehead atoms. The van der Waals surface area contributed by atoms with Crippen LogP contribution in [-0.2, 0) is 9.53 Å². The van der Waals surface area contributed by atoms with Gasteiger partial charge in [0.05, 0.1) is 18.6 Å². The van der Waals surface area contributed by atoms with Crippen molar-refractivity contribution < 1.29 is 14.3 Å². The van der Waals surface area contributed by atoms with Crippen molar-refractivity contribution in [1.29, 1.82) is 0 Å². The molecule has 0 saturated carbocycles. The van der Waals surface area contributed by atoms with E-state index >= 15 is 0 Å². The van der Waals surface area contributed by atoms with Gasteiger partial charge in [0.1, 0.15) is 5.56 Å². The predicted molar refractivity (Wildman–Crippen MR) is 102 cm³/mol. The van der Waals surface area contributed by atoms with E-state index in [0.717, 1.165) is 5.56 Å². The maximum absolute atomic E-state index is 12.7. The second kappa shape index (κ2) is 8.13. The van der Waals surface area contributed by atoms with Crippen LogP contribution in [0.4, 0.5) is 0 Å². The van der Waals surface area contributed by atoms with Crippen molar-refractivity contribution in [3.05, 3.63) is 69.6 Å². The highest BCUT2D eigenvalue weighted by molar-refractivity contribution is 7.15. The molecule has 0 radical (unpaired) electrons. The molecule has 1 N–H and O–H groups in total. The van der Waals surface area contributed by atoms with E-state index in [9.17, 15) is 14.4 Å². The Hall–Kier alpha value is -3.00. The predicted octanol–water partition coefficient (Wildman–Crippen LogP) is 2.57. The molecule has 3 rings (SSSR count). The van der Waals surface area contributed by atoms with Crippen LogP contribution >= 0.6 is 11.3 Å². The van der Waals surface area contributed by atoms with Gasteiger partial charge in [-0.2, -0.15) is 0 Å². The minimum atomic E-state index is -0.618. The summed E-state index contributed by atoms with van der Waals surface area (Å²) in [5.74, 6) is -1.01. The fraction of sp³-hybridized carbons (Fsp3) is 0.263. The van der Waals surface area contributed by atoms with Crippen molar-refractivity contribution in [2.24, 2.45) is 0 Å². The largest absolute Gasteiger partial charge is 0.463 e. The Morgan fingerprint density at radius 2 is 2.00 bits per heavy atom. The lowest BCUT2D eigenvalue weighted by atomic mass is 10.0. The molecule has 2 aromatic heterocycles. The van der Waals surface area contributed by atoms with E-state index in [0.29, 0.717) is 4.96 Å². The zero-order valence-corrected chi connectivity index (χ0v) is 15.7. The van der Waals surface area contributed by atoms with E-state index in [-0.39, 0.29) is 18.1 Å². The lowest BCUT2D eigenvalue weighted by Crippen LogP contribution is -2.35. The Labute approximate surface area is 159 Å². The van der Waals surface area contributed by atoms with E-state index < -0.39 is 23.5 Å². The smallest absolute Gasteiger partial charge is 0.308 e. The first-order valence-corrected chi connectivity index (χ1v) is 9.34. The molecule has 0 aliphatic rings. The third-order valence-electron chi connectivity index (χ3n) is 3.83. The normalized spacial score (nSPS) is 12.1. The van der Waals surface area contributed by atoms with Gasteiger partial charge in [0, 0.05) is 17.8 Å². The second-order valence-electron chi connectivity index (χ2n) is 6.21. The molecule has 1 atom stereocenters. The van der Waals surface area contributed by atoms with E-state index in [4.69, 9.17) is 4.74 Å². The van der Waals surface area contributed by atoms with Gasteiger partial charge in [-0.1, -0.05) is 30.3 Å². The highest BCUT2D eigenvalue weighted by atomic mass is 32.1. The number of aromatic nitrogens is 2. The fourth-order valence-corrected chi connectivity index (χ4v) is 3.31. The molecule has 140 valence electrons. The number of hydrogen-bond acceptors (Lipinski definition) is 6. The summed E-state index contributed by atoms with van der Waals surface area (Å²) in [5, 5.41) is 4.48. The van der Waals surface area contributed by atoms with Gasteiger partial charge in [0.25, 0.3) is 11.5 Å². The summed E-state index contributed by atoms with van der Waals surface area (Å²) < 4.78 is 6.52. The third kappa shape index (κ3) is 4.40. The van der Waals surface area contributed by atoms with Crippen molar-refractivity contribution in [2.45, 2.75) is 32.4 Å². The minimum absolute atomic E-state index is 0.0383. The average Bonchev–Trinajstić information content (AvgIpc) is 3.11. The quantitative estimate of drug-likeness (QED) is 0.659. The van der Waals surface area contributed by atoms with Gasteiger partial charge in [0.15, 0.2) is 4.96 Å². The highest BCUT2D eigenvalue weighted by Gasteiger charge is 2.22. The molecule has 8 heteroatoms. The Balaban J connectivity index is 1.86. The first kappa shape index (κ1) is 18.8. The molecule has 7 nitrogen and oxygen atoms in total. The molecule has 27 heavy (non-hydrogen) atoms. The van der Waals surface area contributed by atoms with E-state index in [1.54, 1.807) is 37.6 Å². The summed E-state index contributed by atoms with van der Waals surface area (Å²) in [6.07, 6.45) is 2.54. The monoisotopic (exact) mass is 385 g/mol. The maximum atomic E-state index is 12.7. The van der Waals surface area contributed by atoms with E-state index in [2.05, 4.69) is 10.3 Å². The zero-order valence-electron chi connectivity index (χ0n) is 14.9. The van der Waals surface area contributed by atoms with Gasteiger partial charge in [-0.15, -0.1) is 11.3 Å². The number of thiazole rings is 1. The fourth-order valence-electron chi connectivity index (χ4n) is 2.63. The van der Waals surface area contributed by atoms with Gasteiger partial charge in [-0.25, -0.2) is 4.98 Å². The number of esters is 1. The number of ether oxygens (including phenoxy) is 1. The van der Waals surface area contributed by atoms with Crippen LogP contribution in [0.2, 0.25) is 0 Å². The molecular formula is C19H19N3O4S. The molecule has 1 unspecified atom stereocenters. The zero-order chi connectivity index (χ0) is 19.4. The maximum Gasteiger partial charge on any atom is 0.308 e. The van der Waals surface area contributed by atoms with E-state index in [1.807, 2.05) is 18.2 Å². The Bertz CT molecular complexity index is 1010. The molecule has 3 aromatic rings. The molecule has 2 heterocycles. The van der Waals surface area contributed by atoms with Crippen LogP contribution in [0.1, 0.15) is 42.2 Å². The lowest BCUT2D eigenvalue weighted by Gasteiger charge is -2.19. The summed E-state index contributed by atoms with van der Waals surface area (Å²) >= 11 is 1.31. The van der Waals surface area contributed by atoms with Crippen molar-refractivity contribution in [3.63, 3.8) is 0 Å². The average molecular weight is 385 g/mol. The SMILES string of the molecule is CC(C)OC(=O)CC(NC(=O)c1cnc2sccn2c1=O)c1ccccc1. The van der Waals surface area contributed by atoms with Crippen LogP contribution in [0.3, 0.4) is 0 Å². The number of carbonyl (C=O) groups is 2. The van der Waals surface area contributed by atoms with Crippen LogP contribution in [0.5, 0.6) is 0 Å². The summed E-state index contributed by atoms with van der Waals surface area (Å²) in [4.78, 5) is 42.0. The molecule has 0 fully saturated rings. The molecule has 0 saturated heterocycles. The summed E-state index contributed by atoms with van der Waals surface area (Å²) in [7, 11) is 0. The molecule has 1 amide bonds. The minimum Gasteiger partial charge on any atom is -0.463 e. The van der Waals surface area contributed by atoms with Crippen LogP contribution in [0.25, 0.3) is 4.96 Å². The van der Waals surface area contributed by atoms with Crippen molar-refractivity contribution >= 4 is 28.2 Å². The van der Waals surface area contributed by atoms with Crippen LogP contribution in [0.15, 0.2) is 52.9 Å². The highest BCUT2D eigenvalue weighted by Crippen LogP contribution is 2.18. The summed E-state index contributed by atoms with van der Waals surface area (Å²) in [6, 6.07) is 8.47. The van der Waals surface area contributed by atoms with Gasteiger partial charge in [0.2, 0.25) is 0 Å². The van der Waals surface area contributed by atoms with Crippen molar-refractivity contribution in [3.8, 4) is 0 Å².